The van der Waals surface area contributed by atoms with Gasteiger partial charge in [0.2, 0.25) is 0 Å². The molecule has 0 bridgehead atoms. The van der Waals surface area contributed by atoms with Gasteiger partial charge in [-0.05, 0) is 13.0 Å². The Bertz CT molecular complexity index is 339. The topological polar surface area (TPSA) is 37.8 Å². The minimum absolute atomic E-state index is 1.02. The van der Waals surface area contributed by atoms with Crippen LogP contribution in [0, 0.1) is 0 Å². The fraction of sp³-hybridized carbons (Fsp3) is 0.882. The van der Waals surface area contributed by atoms with Crippen LogP contribution < -0.4 is 5.32 Å². The lowest BCUT2D eigenvalue weighted by Crippen LogP contribution is -2.15. The first-order valence-corrected chi connectivity index (χ1v) is 9.70. The quantitative estimate of drug-likeness (QED) is 0.503. The van der Waals surface area contributed by atoms with Gasteiger partial charge in [-0.2, -0.15) is 0 Å². The molecule has 1 aromatic heterocycles. The van der Waals surface area contributed by atoms with Crippen LogP contribution in [0.5, 0.6) is 0 Å². The standard InChI is InChI=1S/C17H33N3S/c1-3-5-6-7-8-9-10-11-12-13-16-19-20-17(21-16)14-15-18-4-2/h18H,3-15H2,1-2H3. The summed E-state index contributed by atoms with van der Waals surface area (Å²) in [6.45, 7) is 6.46. The van der Waals surface area contributed by atoms with Crippen LogP contribution in [0.15, 0.2) is 0 Å². The van der Waals surface area contributed by atoms with Gasteiger partial charge < -0.3 is 5.32 Å². The van der Waals surface area contributed by atoms with Crippen LogP contribution >= 0.6 is 11.3 Å². The summed E-state index contributed by atoms with van der Waals surface area (Å²) < 4.78 is 0. The number of hydrogen-bond donors (Lipinski definition) is 1. The Morgan fingerprint density at radius 2 is 1.33 bits per heavy atom. The summed E-state index contributed by atoms with van der Waals surface area (Å²) in [4.78, 5) is 0. The molecular weight excluding hydrogens is 278 g/mol. The van der Waals surface area contributed by atoms with Crippen LogP contribution in [0.4, 0.5) is 0 Å². The molecule has 122 valence electrons. The van der Waals surface area contributed by atoms with Crippen molar-refractivity contribution < 1.29 is 0 Å². The summed E-state index contributed by atoms with van der Waals surface area (Å²) in [7, 11) is 0. The first-order chi connectivity index (χ1) is 10.4. The second-order valence-electron chi connectivity index (χ2n) is 5.77. The van der Waals surface area contributed by atoms with Crippen molar-refractivity contribution in [3.05, 3.63) is 10.0 Å². The third-order valence-electron chi connectivity index (χ3n) is 3.77. The van der Waals surface area contributed by atoms with Crippen LogP contribution in [0.2, 0.25) is 0 Å². The summed E-state index contributed by atoms with van der Waals surface area (Å²) in [5.41, 5.74) is 0. The largest absolute Gasteiger partial charge is 0.317 e. The molecule has 0 aliphatic carbocycles. The van der Waals surface area contributed by atoms with Gasteiger partial charge in [0.1, 0.15) is 10.0 Å². The molecule has 0 amide bonds. The zero-order valence-electron chi connectivity index (χ0n) is 14.0. The lowest BCUT2D eigenvalue weighted by Gasteiger charge is -2.00. The van der Waals surface area contributed by atoms with Gasteiger partial charge in [-0.3, -0.25) is 0 Å². The molecule has 0 unspecified atom stereocenters. The molecule has 3 nitrogen and oxygen atoms in total. The smallest absolute Gasteiger partial charge is 0.118 e. The van der Waals surface area contributed by atoms with E-state index in [9.17, 15) is 0 Å². The Morgan fingerprint density at radius 3 is 1.95 bits per heavy atom. The first kappa shape index (κ1) is 18.6. The van der Waals surface area contributed by atoms with Crippen molar-refractivity contribution in [2.45, 2.75) is 84.5 Å². The van der Waals surface area contributed by atoms with E-state index >= 15 is 0 Å². The van der Waals surface area contributed by atoms with Crippen LogP contribution in [-0.4, -0.2) is 23.3 Å². The minimum atomic E-state index is 1.02. The lowest BCUT2D eigenvalue weighted by atomic mass is 10.1. The van der Waals surface area contributed by atoms with Crippen molar-refractivity contribution in [2.24, 2.45) is 0 Å². The molecule has 0 saturated carbocycles. The van der Waals surface area contributed by atoms with E-state index in [1.165, 1.54) is 67.8 Å². The van der Waals surface area contributed by atoms with E-state index in [2.05, 4.69) is 29.4 Å². The van der Waals surface area contributed by atoms with Gasteiger partial charge in [0.15, 0.2) is 0 Å². The molecule has 0 spiro atoms. The molecule has 1 aromatic rings. The van der Waals surface area contributed by atoms with Gasteiger partial charge >= 0.3 is 0 Å². The SMILES string of the molecule is CCCCCCCCCCCc1nnc(CCNCC)s1. The number of aryl methyl sites for hydroxylation is 1. The Kier molecular flexibility index (Phi) is 11.7. The van der Waals surface area contributed by atoms with Crippen LogP contribution in [0.3, 0.4) is 0 Å². The number of nitrogens with zero attached hydrogens (tertiary/aromatic N) is 2. The Balaban J connectivity index is 1.95. The van der Waals surface area contributed by atoms with Crippen molar-refractivity contribution in [3.63, 3.8) is 0 Å². The van der Waals surface area contributed by atoms with Crippen LogP contribution in [0.1, 0.15) is 81.7 Å². The number of likely N-dealkylation sites (N-methyl/N-ethyl adjacent to an activating group) is 1. The summed E-state index contributed by atoms with van der Waals surface area (Å²) >= 11 is 1.80. The van der Waals surface area contributed by atoms with Gasteiger partial charge in [-0.25, -0.2) is 0 Å². The van der Waals surface area contributed by atoms with E-state index in [-0.39, 0.29) is 0 Å². The molecule has 1 rings (SSSR count). The van der Waals surface area contributed by atoms with Crippen molar-refractivity contribution in [1.29, 1.82) is 0 Å². The maximum absolute atomic E-state index is 4.30. The van der Waals surface area contributed by atoms with E-state index in [1.807, 2.05) is 0 Å². The van der Waals surface area contributed by atoms with Crippen molar-refractivity contribution >= 4 is 11.3 Å². The molecule has 0 saturated heterocycles. The lowest BCUT2D eigenvalue weighted by molar-refractivity contribution is 0.564. The maximum Gasteiger partial charge on any atom is 0.118 e. The molecule has 4 heteroatoms. The van der Waals surface area contributed by atoms with E-state index in [1.54, 1.807) is 11.3 Å². The summed E-state index contributed by atoms with van der Waals surface area (Å²) in [5, 5.41) is 14.3. The summed E-state index contributed by atoms with van der Waals surface area (Å²) in [6, 6.07) is 0. The van der Waals surface area contributed by atoms with E-state index < -0.39 is 0 Å². The molecular formula is C17H33N3S. The maximum atomic E-state index is 4.30. The van der Waals surface area contributed by atoms with Crippen LogP contribution in [0.25, 0.3) is 0 Å². The fourth-order valence-electron chi connectivity index (χ4n) is 2.45. The van der Waals surface area contributed by atoms with Crippen LogP contribution in [-0.2, 0) is 12.8 Å². The third kappa shape index (κ3) is 9.97. The Hall–Kier alpha value is -0.480. The van der Waals surface area contributed by atoms with E-state index in [0.29, 0.717) is 0 Å². The third-order valence-corrected chi connectivity index (χ3v) is 4.81. The normalized spacial score (nSPS) is 11.1. The van der Waals surface area contributed by atoms with Crippen molar-refractivity contribution in [1.82, 2.24) is 15.5 Å². The molecule has 0 fully saturated rings. The average molecular weight is 312 g/mol. The summed E-state index contributed by atoms with van der Waals surface area (Å²) in [5.74, 6) is 0. The van der Waals surface area contributed by atoms with Crippen molar-refractivity contribution in [2.75, 3.05) is 13.1 Å². The van der Waals surface area contributed by atoms with Gasteiger partial charge in [0, 0.05) is 19.4 Å². The molecule has 1 N–H and O–H groups in total. The monoisotopic (exact) mass is 311 g/mol. The highest BCUT2D eigenvalue weighted by Crippen LogP contribution is 2.15. The molecule has 0 aromatic carbocycles. The van der Waals surface area contributed by atoms with Gasteiger partial charge in [0.05, 0.1) is 0 Å². The van der Waals surface area contributed by atoms with Gasteiger partial charge in [0.25, 0.3) is 0 Å². The predicted octanol–water partition coefficient (Wildman–Crippen LogP) is 4.76. The van der Waals surface area contributed by atoms with Crippen molar-refractivity contribution in [3.8, 4) is 0 Å². The minimum Gasteiger partial charge on any atom is -0.317 e. The Labute approximate surface area is 135 Å². The van der Waals surface area contributed by atoms with E-state index in [4.69, 9.17) is 0 Å². The van der Waals surface area contributed by atoms with Gasteiger partial charge in [-0.1, -0.05) is 65.2 Å². The highest BCUT2D eigenvalue weighted by Gasteiger charge is 2.03. The molecule has 21 heavy (non-hydrogen) atoms. The number of unbranched alkanes of at least 4 members (excludes halogenated alkanes) is 8. The first-order valence-electron chi connectivity index (χ1n) is 8.88. The second-order valence-corrected chi connectivity index (χ2v) is 6.92. The number of aromatic nitrogens is 2. The summed E-state index contributed by atoms with van der Waals surface area (Å²) in [6.07, 6.45) is 14.6. The molecule has 0 aliphatic rings. The zero-order chi connectivity index (χ0) is 15.2. The molecule has 0 aliphatic heterocycles. The second kappa shape index (κ2) is 13.2. The number of rotatable bonds is 14. The Morgan fingerprint density at radius 1 is 0.762 bits per heavy atom. The van der Waals surface area contributed by atoms with E-state index in [0.717, 1.165) is 25.9 Å². The molecule has 0 atom stereocenters. The number of hydrogen-bond acceptors (Lipinski definition) is 4. The molecule has 1 heterocycles. The predicted molar refractivity (Wildman–Crippen MR) is 93.1 cm³/mol. The zero-order valence-corrected chi connectivity index (χ0v) is 14.8. The highest BCUT2D eigenvalue weighted by atomic mass is 32.1. The number of nitrogens with one attached hydrogen (secondary N) is 1. The fourth-order valence-corrected chi connectivity index (χ4v) is 3.34. The molecule has 0 radical (unpaired) electrons. The average Bonchev–Trinajstić information content (AvgIpc) is 2.94. The highest BCUT2D eigenvalue weighted by molar-refractivity contribution is 7.11. The van der Waals surface area contributed by atoms with Gasteiger partial charge in [-0.15, -0.1) is 21.5 Å².